The highest BCUT2D eigenvalue weighted by molar-refractivity contribution is 5.83. The SMILES string of the molecule is CCCCCCOc1c(-c2ccc(OC)c(OC)c2)oc2cc(OC)ccc2c1=O. The molecule has 6 heteroatoms. The summed E-state index contributed by atoms with van der Waals surface area (Å²) in [5, 5.41) is 0.448. The third kappa shape index (κ3) is 4.53. The highest BCUT2D eigenvalue weighted by atomic mass is 16.5. The van der Waals surface area contributed by atoms with E-state index in [9.17, 15) is 4.79 Å². The van der Waals surface area contributed by atoms with Gasteiger partial charge in [-0.2, -0.15) is 0 Å². The van der Waals surface area contributed by atoms with Crippen LogP contribution in [0, 0.1) is 0 Å². The van der Waals surface area contributed by atoms with Crippen molar-refractivity contribution in [1.29, 1.82) is 0 Å². The fraction of sp³-hybridized carbons (Fsp3) is 0.375. The molecule has 30 heavy (non-hydrogen) atoms. The van der Waals surface area contributed by atoms with Crippen molar-refractivity contribution in [2.75, 3.05) is 27.9 Å². The molecule has 0 saturated carbocycles. The highest BCUT2D eigenvalue weighted by Gasteiger charge is 2.19. The lowest BCUT2D eigenvalue weighted by Gasteiger charge is -2.14. The van der Waals surface area contributed by atoms with Gasteiger partial charge in [0.15, 0.2) is 17.3 Å². The average Bonchev–Trinajstić information content (AvgIpc) is 2.79. The Hall–Kier alpha value is -3.15. The summed E-state index contributed by atoms with van der Waals surface area (Å²) in [6, 6.07) is 10.5. The van der Waals surface area contributed by atoms with E-state index in [1.807, 2.05) is 6.07 Å². The van der Waals surface area contributed by atoms with Crippen LogP contribution in [-0.2, 0) is 0 Å². The van der Waals surface area contributed by atoms with Gasteiger partial charge in [0, 0.05) is 11.6 Å². The van der Waals surface area contributed by atoms with Gasteiger partial charge >= 0.3 is 0 Å². The van der Waals surface area contributed by atoms with Crippen molar-refractivity contribution in [2.45, 2.75) is 32.6 Å². The van der Waals surface area contributed by atoms with Gasteiger partial charge in [-0.25, -0.2) is 0 Å². The molecule has 0 aliphatic carbocycles. The summed E-state index contributed by atoms with van der Waals surface area (Å²) in [5.41, 5.74) is 0.889. The maximum atomic E-state index is 13.2. The molecule has 0 unspecified atom stereocenters. The molecule has 0 radical (unpaired) electrons. The van der Waals surface area contributed by atoms with Gasteiger partial charge in [0.2, 0.25) is 11.2 Å². The molecule has 1 heterocycles. The molecule has 0 atom stereocenters. The Morgan fingerprint density at radius 2 is 1.67 bits per heavy atom. The smallest absolute Gasteiger partial charge is 0.235 e. The lowest BCUT2D eigenvalue weighted by Crippen LogP contribution is -2.11. The van der Waals surface area contributed by atoms with Crippen LogP contribution in [0.1, 0.15) is 32.6 Å². The van der Waals surface area contributed by atoms with Crippen LogP contribution in [-0.4, -0.2) is 27.9 Å². The van der Waals surface area contributed by atoms with Crippen molar-refractivity contribution in [1.82, 2.24) is 0 Å². The molecule has 2 aromatic carbocycles. The van der Waals surface area contributed by atoms with E-state index in [1.54, 1.807) is 51.7 Å². The number of fused-ring (bicyclic) bond motifs is 1. The second-order valence-electron chi connectivity index (χ2n) is 6.93. The summed E-state index contributed by atoms with van der Waals surface area (Å²) in [7, 11) is 4.71. The van der Waals surface area contributed by atoms with E-state index in [1.165, 1.54) is 0 Å². The van der Waals surface area contributed by atoms with Crippen LogP contribution in [0.4, 0.5) is 0 Å². The standard InChI is InChI=1S/C24H28O6/c1-5-6-7-8-13-29-24-22(25)18-11-10-17(26-2)15-20(18)30-23(24)16-9-12-19(27-3)21(14-16)28-4/h9-12,14-15H,5-8,13H2,1-4H3. The number of benzene rings is 2. The van der Waals surface area contributed by atoms with Crippen LogP contribution in [0.3, 0.4) is 0 Å². The highest BCUT2D eigenvalue weighted by Crippen LogP contribution is 2.37. The Kier molecular flexibility index (Phi) is 7.22. The van der Waals surface area contributed by atoms with Crippen molar-refractivity contribution >= 4 is 11.0 Å². The third-order valence-electron chi connectivity index (χ3n) is 4.95. The second kappa shape index (κ2) is 10.1. The number of rotatable bonds is 10. The van der Waals surface area contributed by atoms with Crippen molar-refractivity contribution in [3.63, 3.8) is 0 Å². The number of hydrogen-bond donors (Lipinski definition) is 0. The zero-order chi connectivity index (χ0) is 21.5. The number of ether oxygens (including phenoxy) is 4. The summed E-state index contributed by atoms with van der Waals surface area (Å²) in [6.45, 7) is 2.61. The Bertz CT molecular complexity index is 1050. The van der Waals surface area contributed by atoms with Crippen molar-refractivity contribution in [3.8, 4) is 34.3 Å². The van der Waals surface area contributed by atoms with Gasteiger partial charge in [0.25, 0.3) is 0 Å². The van der Waals surface area contributed by atoms with Gasteiger partial charge < -0.3 is 23.4 Å². The summed E-state index contributed by atoms with van der Waals surface area (Å²) in [5.74, 6) is 2.30. The van der Waals surface area contributed by atoms with Gasteiger partial charge in [0.05, 0.1) is 33.3 Å². The molecule has 1 aromatic heterocycles. The van der Waals surface area contributed by atoms with Crippen LogP contribution in [0.25, 0.3) is 22.3 Å². The number of unbranched alkanes of at least 4 members (excludes halogenated alkanes) is 3. The first kappa shape index (κ1) is 21.6. The number of hydrogen-bond acceptors (Lipinski definition) is 6. The topological polar surface area (TPSA) is 67.1 Å². The summed E-state index contributed by atoms with van der Waals surface area (Å²) in [6.07, 6.45) is 4.20. The Morgan fingerprint density at radius 3 is 2.37 bits per heavy atom. The van der Waals surface area contributed by atoms with Crippen LogP contribution in [0.2, 0.25) is 0 Å². The Labute approximate surface area is 176 Å². The summed E-state index contributed by atoms with van der Waals surface area (Å²) >= 11 is 0. The molecule has 3 aromatic rings. The van der Waals surface area contributed by atoms with Crippen molar-refractivity contribution in [3.05, 3.63) is 46.6 Å². The molecule has 0 aliphatic rings. The van der Waals surface area contributed by atoms with Crippen LogP contribution in [0.5, 0.6) is 23.0 Å². The van der Waals surface area contributed by atoms with Gasteiger partial charge in [-0.3, -0.25) is 4.79 Å². The van der Waals surface area contributed by atoms with E-state index in [2.05, 4.69) is 6.92 Å². The molecule has 0 spiro atoms. The van der Waals surface area contributed by atoms with Gasteiger partial charge in [-0.15, -0.1) is 0 Å². The minimum absolute atomic E-state index is 0.205. The third-order valence-corrected chi connectivity index (χ3v) is 4.95. The van der Waals surface area contributed by atoms with Crippen molar-refractivity contribution in [2.24, 2.45) is 0 Å². The van der Waals surface area contributed by atoms with Crippen LogP contribution < -0.4 is 24.4 Å². The van der Waals surface area contributed by atoms with Crippen LogP contribution in [0.15, 0.2) is 45.6 Å². The van der Waals surface area contributed by atoms with Crippen molar-refractivity contribution < 1.29 is 23.4 Å². The van der Waals surface area contributed by atoms with E-state index in [0.29, 0.717) is 46.1 Å². The summed E-state index contributed by atoms with van der Waals surface area (Å²) in [4.78, 5) is 13.2. The molecule has 0 bridgehead atoms. The molecule has 0 saturated heterocycles. The van der Waals surface area contributed by atoms with E-state index in [4.69, 9.17) is 23.4 Å². The number of methoxy groups -OCH3 is 3. The first-order valence-corrected chi connectivity index (χ1v) is 10.1. The zero-order valence-corrected chi connectivity index (χ0v) is 17.9. The maximum absolute atomic E-state index is 13.2. The fourth-order valence-electron chi connectivity index (χ4n) is 3.29. The van der Waals surface area contributed by atoms with Crippen LogP contribution >= 0.6 is 0 Å². The molecule has 3 rings (SSSR count). The molecular formula is C24H28O6. The normalized spacial score (nSPS) is 10.8. The molecule has 160 valence electrons. The second-order valence-corrected chi connectivity index (χ2v) is 6.93. The lowest BCUT2D eigenvalue weighted by atomic mass is 10.1. The lowest BCUT2D eigenvalue weighted by molar-refractivity contribution is 0.297. The monoisotopic (exact) mass is 412 g/mol. The Balaban J connectivity index is 2.11. The average molecular weight is 412 g/mol. The first-order valence-electron chi connectivity index (χ1n) is 10.1. The predicted molar refractivity (Wildman–Crippen MR) is 117 cm³/mol. The van der Waals surface area contributed by atoms with E-state index >= 15 is 0 Å². The maximum Gasteiger partial charge on any atom is 0.235 e. The zero-order valence-electron chi connectivity index (χ0n) is 17.9. The first-order chi connectivity index (χ1) is 14.6. The Morgan fingerprint density at radius 1 is 0.867 bits per heavy atom. The van der Waals surface area contributed by atoms with Gasteiger partial charge in [-0.1, -0.05) is 26.2 Å². The van der Waals surface area contributed by atoms with Gasteiger partial charge in [-0.05, 0) is 36.8 Å². The fourth-order valence-corrected chi connectivity index (χ4v) is 3.29. The molecular weight excluding hydrogens is 384 g/mol. The summed E-state index contributed by atoms with van der Waals surface area (Å²) < 4.78 is 28.1. The largest absolute Gasteiger partial charge is 0.497 e. The molecule has 6 nitrogen and oxygen atoms in total. The quantitative estimate of drug-likeness (QED) is 0.413. The minimum atomic E-state index is -0.209. The van der Waals surface area contributed by atoms with E-state index < -0.39 is 0 Å². The molecule has 0 amide bonds. The minimum Gasteiger partial charge on any atom is -0.497 e. The molecule has 0 aliphatic heterocycles. The predicted octanol–water partition coefficient (Wildman–Crippen LogP) is 5.44. The molecule has 0 fully saturated rings. The van der Waals surface area contributed by atoms with E-state index in [0.717, 1.165) is 25.7 Å². The molecule has 0 N–H and O–H groups in total. The van der Waals surface area contributed by atoms with E-state index in [-0.39, 0.29) is 11.2 Å². The van der Waals surface area contributed by atoms with Gasteiger partial charge in [0.1, 0.15) is 11.3 Å².